The number of anilines is 1. The molecule has 1 fully saturated rings. The molecule has 3 rings (SSSR count). The molecular formula is C16H18ClN3O3. The highest BCUT2D eigenvalue weighted by molar-refractivity contribution is 6.52. The second kappa shape index (κ2) is 6.22. The first kappa shape index (κ1) is 15.8. The smallest absolute Gasteiger partial charge is 0.283 e. The summed E-state index contributed by atoms with van der Waals surface area (Å²) in [6.07, 6.45) is 0. The highest BCUT2D eigenvalue weighted by Crippen LogP contribution is 2.32. The summed E-state index contributed by atoms with van der Waals surface area (Å²) < 4.78 is 5.09. The van der Waals surface area contributed by atoms with Crippen LogP contribution in [0.2, 0.25) is 0 Å². The Morgan fingerprint density at radius 1 is 1.22 bits per heavy atom. The van der Waals surface area contributed by atoms with Crippen LogP contribution >= 0.6 is 11.6 Å². The molecular weight excluding hydrogens is 318 g/mol. The lowest BCUT2D eigenvalue weighted by Gasteiger charge is -2.33. The first-order valence-corrected chi connectivity index (χ1v) is 7.81. The van der Waals surface area contributed by atoms with Crippen molar-refractivity contribution in [1.82, 2.24) is 10.2 Å². The van der Waals surface area contributed by atoms with Crippen LogP contribution in [0.3, 0.4) is 0 Å². The zero-order valence-electron chi connectivity index (χ0n) is 13.0. The van der Waals surface area contributed by atoms with Crippen LogP contribution in [0.1, 0.15) is 6.92 Å². The van der Waals surface area contributed by atoms with Gasteiger partial charge in [0, 0.05) is 25.7 Å². The van der Waals surface area contributed by atoms with Crippen molar-refractivity contribution in [1.29, 1.82) is 0 Å². The number of benzene rings is 1. The second-order valence-electron chi connectivity index (χ2n) is 5.61. The van der Waals surface area contributed by atoms with E-state index in [1.807, 2.05) is 11.8 Å². The number of ether oxygens (including phenoxy) is 1. The van der Waals surface area contributed by atoms with E-state index in [0.717, 1.165) is 11.4 Å². The van der Waals surface area contributed by atoms with E-state index in [1.165, 1.54) is 0 Å². The van der Waals surface area contributed by atoms with Gasteiger partial charge >= 0.3 is 0 Å². The fourth-order valence-electron chi connectivity index (χ4n) is 2.87. The zero-order chi connectivity index (χ0) is 16.6. The van der Waals surface area contributed by atoms with Gasteiger partial charge in [0.1, 0.15) is 16.5 Å². The molecule has 0 aliphatic carbocycles. The van der Waals surface area contributed by atoms with E-state index in [0.29, 0.717) is 30.2 Å². The molecule has 0 radical (unpaired) electrons. The van der Waals surface area contributed by atoms with E-state index in [1.54, 1.807) is 31.4 Å². The average Bonchev–Trinajstić information content (AvgIpc) is 2.77. The van der Waals surface area contributed by atoms with E-state index >= 15 is 0 Å². The van der Waals surface area contributed by atoms with Gasteiger partial charge in [-0.15, -0.1) is 0 Å². The van der Waals surface area contributed by atoms with Crippen LogP contribution in [-0.4, -0.2) is 49.5 Å². The summed E-state index contributed by atoms with van der Waals surface area (Å²) in [4.78, 5) is 28.2. The van der Waals surface area contributed by atoms with Crippen LogP contribution < -0.4 is 15.0 Å². The number of imide groups is 1. The number of nitrogens with one attached hydrogen (secondary N) is 1. The number of hydrogen-bond acceptors (Lipinski definition) is 5. The topological polar surface area (TPSA) is 61.9 Å². The SMILES string of the molecule is COc1ccc(N2C(=O)C(Cl)=C(N3CCN[C@@H](C)C3)C2=O)cc1. The van der Waals surface area contributed by atoms with Crippen LogP contribution in [0, 0.1) is 0 Å². The fourth-order valence-corrected chi connectivity index (χ4v) is 3.15. The van der Waals surface area contributed by atoms with Crippen molar-refractivity contribution in [2.75, 3.05) is 31.6 Å². The van der Waals surface area contributed by atoms with Crippen LogP contribution in [-0.2, 0) is 9.59 Å². The first-order valence-electron chi connectivity index (χ1n) is 7.44. The molecule has 122 valence electrons. The Kier molecular flexibility index (Phi) is 4.28. The van der Waals surface area contributed by atoms with Gasteiger partial charge in [-0.05, 0) is 31.2 Å². The highest BCUT2D eigenvalue weighted by atomic mass is 35.5. The molecule has 1 aromatic carbocycles. The molecule has 1 atom stereocenters. The molecule has 23 heavy (non-hydrogen) atoms. The molecule has 2 heterocycles. The number of methoxy groups -OCH3 is 1. The van der Waals surface area contributed by atoms with Gasteiger partial charge in [0.05, 0.1) is 12.8 Å². The number of halogens is 1. The van der Waals surface area contributed by atoms with E-state index in [-0.39, 0.29) is 17.0 Å². The van der Waals surface area contributed by atoms with Gasteiger partial charge in [-0.2, -0.15) is 0 Å². The maximum atomic E-state index is 12.8. The minimum Gasteiger partial charge on any atom is -0.497 e. The maximum absolute atomic E-state index is 12.8. The van der Waals surface area contributed by atoms with Crippen LogP contribution in [0.15, 0.2) is 35.0 Å². The van der Waals surface area contributed by atoms with Gasteiger partial charge in [0.2, 0.25) is 0 Å². The van der Waals surface area contributed by atoms with Crippen LogP contribution in [0.5, 0.6) is 5.75 Å². The molecule has 0 unspecified atom stereocenters. The molecule has 2 aliphatic heterocycles. The predicted octanol–water partition coefficient (Wildman–Crippen LogP) is 1.31. The van der Waals surface area contributed by atoms with Gasteiger partial charge in [0.25, 0.3) is 11.8 Å². The number of carbonyl (C=O) groups is 2. The number of amides is 2. The van der Waals surface area contributed by atoms with E-state index < -0.39 is 5.91 Å². The predicted molar refractivity (Wildman–Crippen MR) is 87.4 cm³/mol. The number of piperazine rings is 1. The Bertz CT molecular complexity index is 672. The monoisotopic (exact) mass is 335 g/mol. The minimum atomic E-state index is -0.483. The summed E-state index contributed by atoms with van der Waals surface area (Å²) in [7, 11) is 1.56. The van der Waals surface area contributed by atoms with Crippen molar-refractivity contribution >= 4 is 29.1 Å². The lowest BCUT2D eigenvalue weighted by molar-refractivity contribution is -0.121. The normalized spacial score (nSPS) is 22.1. The molecule has 1 N–H and O–H groups in total. The molecule has 0 aromatic heterocycles. The Hall–Kier alpha value is -2.05. The summed E-state index contributed by atoms with van der Waals surface area (Å²) in [5.41, 5.74) is 0.776. The molecule has 0 spiro atoms. The van der Waals surface area contributed by atoms with E-state index in [2.05, 4.69) is 5.32 Å². The number of carbonyl (C=O) groups excluding carboxylic acids is 2. The van der Waals surface area contributed by atoms with Gasteiger partial charge < -0.3 is 15.0 Å². The molecule has 0 saturated carbocycles. The third-order valence-corrected chi connectivity index (χ3v) is 4.36. The summed E-state index contributed by atoms with van der Waals surface area (Å²) in [6, 6.07) is 6.98. The third-order valence-electron chi connectivity index (χ3n) is 4.02. The Morgan fingerprint density at radius 2 is 1.91 bits per heavy atom. The number of rotatable bonds is 3. The van der Waals surface area contributed by atoms with Gasteiger partial charge in [-0.3, -0.25) is 9.59 Å². The highest BCUT2D eigenvalue weighted by Gasteiger charge is 2.41. The first-order chi connectivity index (χ1) is 11.0. The van der Waals surface area contributed by atoms with Crippen molar-refractivity contribution in [3.63, 3.8) is 0 Å². The van der Waals surface area contributed by atoms with Crippen molar-refractivity contribution in [3.05, 3.63) is 35.0 Å². The average molecular weight is 336 g/mol. The van der Waals surface area contributed by atoms with Crippen molar-refractivity contribution < 1.29 is 14.3 Å². The van der Waals surface area contributed by atoms with E-state index in [9.17, 15) is 9.59 Å². The minimum absolute atomic E-state index is 0.0140. The summed E-state index contributed by atoms with van der Waals surface area (Å²) in [5, 5.41) is 3.29. The third kappa shape index (κ3) is 2.80. The standard InChI is InChI=1S/C16H18ClN3O3/c1-10-9-19(8-7-18-10)14-13(17)15(21)20(16(14)22)11-3-5-12(23-2)6-4-11/h3-6,10,18H,7-9H2,1-2H3/t10-/m0/s1. The fraction of sp³-hybridized carbons (Fsp3) is 0.375. The molecule has 2 aliphatic rings. The molecule has 1 saturated heterocycles. The van der Waals surface area contributed by atoms with Crippen molar-refractivity contribution in [3.8, 4) is 5.75 Å². The van der Waals surface area contributed by atoms with Gasteiger partial charge in [0.15, 0.2) is 0 Å². The lowest BCUT2D eigenvalue weighted by atomic mass is 10.2. The second-order valence-corrected chi connectivity index (χ2v) is 5.99. The summed E-state index contributed by atoms with van der Waals surface area (Å²) in [5.74, 6) is -0.203. The van der Waals surface area contributed by atoms with Gasteiger partial charge in [-0.25, -0.2) is 4.90 Å². The summed E-state index contributed by atoms with van der Waals surface area (Å²) in [6.45, 7) is 4.06. The summed E-state index contributed by atoms with van der Waals surface area (Å²) >= 11 is 6.19. The molecule has 7 heteroatoms. The molecule has 2 amide bonds. The zero-order valence-corrected chi connectivity index (χ0v) is 13.8. The number of nitrogens with zero attached hydrogens (tertiary/aromatic N) is 2. The Morgan fingerprint density at radius 3 is 2.52 bits per heavy atom. The molecule has 6 nitrogen and oxygen atoms in total. The lowest BCUT2D eigenvalue weighted by Crippen LogP contribution is -2.50. The molecule has 1 aromatic rings. The largest absolute Gasteiger partial charge is 0.497 e. The quantitative estimate of drug-likeness (QED) is 0.844. The van der Waals surface area contributed by atoms with Gasteiger partial charge in [-0.1, -0.05) is 11.6 Å². The Labute approximate surface area is 139 Å². The maximum Gasteiger partial charge on any atom is 0.283 e. The van der Waals surface area contributed by atoms with Crippen molar-refractivity contribution in [2.24, 2.45) is 0 Å². The van der Waals surface area contributed by atoms with Crippen LogP contribution in [0.25, 0.3) is 0 Å². The number of hydrogen-bond donors (Lipinski definition) is 1. The Balaban J connectivity index is 1.88. The van der Waals surface area contributed by atoms with E-state index in [4.69, 9.17) is 16.3 Å². The van der Waals surface area contributed by atoms with Crippen LogP contribution in [0.4, 0.5) is 5.69 Å². The molecule has 0 bridgehead atoms. The van der Waals surface area contributed by atoms with Crippen molar-refractivity contribution in [2.45, 2.75) is 13.0 Å².